The van der Waals surface area contributed by atoms with E-state index in [1.165, 1.54) is 12.1 Å². The third-order valence-electron chi connectivity index (χ3n) is 1.57. The summed E-state index contributed by atoms with van der Waals surface area (Å²) in [7, 11) is 0. The number of hydrogen-bond donors (Lipinski definition) is 0. The molecule has 0 unspecified atom stereocenters. The van der Waals surface area contributed by atoms with E-state index in [1.807, 2.05) is 6.92 Å². The molecule has 0 aliphatic carbocycles. The molecule has 72 valence electrons. The molecule has 0 N–H and O–H groups in total. The highest BCUT2D eigenvalue weighted by molar-refractivity contribution is 5.27. The number of hydrogen-bond acceptors (Lipinski definition) is 1. The Morgan fingerprint density at radius 1 is 1.15 bits per heavy atom. The van der Waals surface area contributed by atoms with E-state index in [9.17, 15) is 13.2 Å². The minimum atomic E-state index is -4.60. The van der Waals surface area contributed by atoms with Gasteiger partial charge in [0.1, 0.15) is 5.75 Å². The lowest BCUT2D eigenvalue weighted by Crippen LogP contribution is -2.16. The second kappa shape index (κ2) is 3.68. The Bertz CT molecular complexity index is 263. The molecule has 13 heavy (non-hydrogen) atoms. The number of aryl methyl sites for hydroxylation is 1. The summed E-state index contributed by atoms with van der Waals surface area (Å²) < 4.78 is 38.8. The van der Waals surface area contributed by atoms with Crippen molar-refractivity contribution in [1.82, 2.24) is 0 Å². The maximum Gasteiger partial charge on any atom is 0.573 e. The van der Waals surface area contributed by atoms with Crippen LogP contribution in [0.3, 0.4) is 0 Å². The van der Waals surface area contributed by atoms with Crippen molar-refractivity contribution in [3.8, 4) is 5.75 Å². The molecule has 0 heterocycles. The van der Waals surface area contributed by atoms with Crippen molar-refractivity contribution >= 4 is 0 Å². The molecule has 0 saturated carbocycles. The standard InChI is InChI=1S/C9H9F3O/c1-2-7-3-5-8(6-4-7)13-9(10,11)12/h3-6H,2H2,1H3. The predicted octanol–water partition coefficient (Wildman–Crippen LogP) is 3.15. The van der Waals surface area contributed by atoms with Crippen molar-refractivity contribution < 1.29 is 17.9 Å². The van der Waals surface area contributed by atoms with Gasteiger partial charge in [-0.25, -0.2) is 0 Å². The molecule has 0 amide bonds. The van der Waals surface area contributed by atoms with Crippen LogP contribution < -0.4 is 4.74 Å². The largest absolute Gasteiger partial charge is 0.573 e. The van der Waals surface area contributed by atoms with Gasteiger partial charge in [0.15, 0.2) is 0 Å². The molecule has 1 aromatic rings. The van der Waals surface area contributed by atoms with Gasteiger partial charge in [0.25, 0.3) is 0 Å². The highest BCUT2D eigenvalue weighted by atomic mass is 19.4. The van der Waals surface area contributed by atoms with Crippen molar-refractivity contribution in [2.45, 2.75) is 19.7 Å². The Morgan fingerprint density at radius 2 is 1.69 bits per heavy atom. The first kappa shape index (κ1) is 9.89. The summed E-state index contributed by atoms with van der Waals surface area (Å²) in [4.78, 5) is 0. The monoisotopic (exact) mass is 190 g/mol. The van der Waals surface area contributed by atoms with Gasteiger partial charge in [-0.05, 0) is 24.1 Å². The van der Waals surface area contributed by atoms with Crippen LogP contribution in [0, 0.1) is 0 Å². The normalized spacial score (nSPS) is 11.4. The van der Waals surface area contributed by atoms with E-state index in [0.717, 1.165) is 12.0 Å². The van der Waals surface area contributed by atoms with Crippen LogP contribution in [0.2, 0.25) is 0 Å². The van der Waals surface area contributed by atoms with Crippen molar-refractivity contribution in [2.24, 2.45) is 0 Å². The molecule has 1 aromatic carbocycles. The maximum absolute atomic E-state index is 11.7. The van der Waals surface area contributed by atoms with Gasteiger partial charge in [-0.3, -0.25) is 0 Å². The summed E-state index contributed by atoms with van der Waals surface area (Å²) in [5, 5.41) is 0. The number of alkyl halides is 3. The van der Waals surface area contributed by atoms with Crippen molar-refractivity contribution in [3.63, 3.8) is 0 Å². The Balaban J connectivity index is 2.70. The van der Waals surface area contributed by atoms with Crippen LogP contribution in [0.25, 0.3) is 0 Å². The average Bonchev–Trinajstić information content (AvgIpc) is 2.03. The van der Waals surface area contributed by atoms with Gasteiger partial charge in [-0.15, -0.1) is 13.2 Å². The van der Waals surface area contributed by atoms with E-state index in [2.05, 4.69) is 4.74 Å². The molecule has 0 bridgehead atoms. The third kappa shape index (κ3) is 3.36. The fourth-order valence-corrected chi connectivity index (χ4v) is 0.927. The van der Waals surface area contributed by atoms with E-state index in [1.54, 1.807) is 12.1 Å². The summed E-state index contributed by atoms with van der Waals surface area (Å²) in [6, 6.07) is 5.85. The maximum atomic E-state index is 11.7. The zero-order chi connectivity index (χ0) is 9.90. The molecule has 4 heteroatoms. The van der Waals surface area contributed by atoms with Crippen LogP contribution in [0.15, 0.2) is 24.3 Å². The van der Waals surface area contributed by atoms with Gasteiger partial charge in [0, 0.05) is 0 Å². The Morgan fingerprint density at radius 3 is 2.08 bits per heavy atom. The van der Waals surface area contributed by atoms with E-state index in [0.29, 0.717) is 0 Å². The first-order chi connectivity index (χ1) is 6.01. The average molecular weight is 190 g/mol. The molecule has 0 aromatic heterocycles. The van der Waals surface area contributed by atoms with Gasteiger partial charge in [0.05, 0.1) is 0 Å². The summed E-state index contributed by atoms with van der Waals surface area (Å²) in [6.07, 6.45) is -3.81. The van der Waals surface area contributed by atoms with Gasteiger partial charge in [-0.1, -0.05) is 19.1 Å². The molecule has 1 nitrogen and oxygen atoms in total. The summed E-state index contributed by atoms with van der Waals surface area (Å²) in [5.74, 6) is -0.176. The molecular weight excluding hydrogens is 181 g/mol. The van der Waals surface area contributed by atoms with Crippen LogP contribution in [-0.4, -0.2) is 6.36 Å². The molecule has 0 aliphatic rings. The quantitative estimate of drug-likeness (QED) is 0.696. The van der Waals surface area contributed by atoms with Gasteiger partial charge in [-0.2, -0.15) is 0 Å². The van der Waals surface area contributed by atoms with Crippen LogP contribution in [-0.2, 0) is 6.42 Å². The first-order valence-electron chi connectivity index (χ1n) is 3.86. The molecule has 0 fully saturated rings. The van der Waals surface area contributed by atoms with Crippen LogP contribution >= 0.6 is 0 Å². The fraction of sp³-hybridized carbons (Fsp3) is 0.333. The number of halogens is 3. The lowest BCUT2D eigenvalue weighted by Gasteiger charge is -2.08. The first-order valence-corrected chi connectivity index (χ1v) is 3.86. The Hall–Kier alpha value is -1.19. The minimum absolute atomic E-state index is 0.176. The fourth-order valence-electron chi connectivity index (χ4n) is 0.927. The van der Waals surface area contributed by atoms with E-state index in [4.69, 9.17) is 0 Å². The number of ether oxygens (including phenoxy) is 1. The van der Waals surface area contributed by atoms with E-state index >= 15 is 0 Å². The predicted molar refractivity (Wildman–Crippen MR) is 42.5 cm³/mol. The van der Waals surface area contributed by atoms with Crippen molar-refractivity contribution in [2.75, 3.05) is 0 Å². The van der Waals surface area contributed by atoms with Crippen molar-refractivity contribution in [3.05, 3.63) is 29.8 Å². The molecule has 0 spiro atoms. The second-order valence-corrected chi connectivity index (χ2v) is 2.55. The van der Waals surface area contributed by atoms with Crippen molar-refractivity contribution in [1.29, 1.82) is 0 Å². The molecule has 1 rings (SSSR count). The topological polar surface area (TPSA) is 9.23 Å². The molecule has 0 aliphatic heterocycles. The zero-order valence-electron chi connectivity index (χ0n) is 7.06. The highest BCUT2D eigenvalue weighted by Crippen LogP contribution is 2.22. The molecular formula is C9H9F3O. The van der Waals surface area contributed by atoms with E-state index < -0.39 is 6.36 Å². The third-order valence-corrected chi connectivity index (χ3v) is 1.57. The summed E-state index contributed by atoms with van der Waals surface area (Å²) in [6.45, 7) is 1.93. The highest BCUT2D eigenvalue weighted by Gasteiger charge is 2.30. The summed E-state index contributed by atoms with van der Waals surface area (Å²) in [5.41, 5.74) is 0.981. The lowest BCUT2D eigenvalue weighted by molar-refractivity contribution is -0.274. The SMILES string of the molecule is CCc1ccc(OC(F)(F)F)cc1. The molecule has 0 saturated heterocycles. The Kier molecular flexibility index (Phi) is 2.80. The number of rotatable bonds is 2. The van der Waals surface area contributed by atoms with Gasteiger partial charge in [0.2, 0.25) is 0 Å². The number of benzene rings is 1. The van der Waals surface area contributed by atoms with Crippen LogP contribution in [0.5, 0.6) is 5.75 Å². The second-order valence-electron chi connectivity index (χ2n) is 2.55. The minimum Gasteiger partial charge on any atom is -0.406 e. The van der Waals surface area contributed by atoms with Gasteiger partial charge >= 0.3 is 6.36 Å². The lowest BCUT2D eigenvalue weighted by atomic mass is 10.2. The van der Waals surface area contributed by atoms with E-state index in [-0.39, 0.29) is 5.75 Å². The van der Waals surface area contributed by atoms with Crippen LogP contribution in [0.4, 0.5) is 13.2 Å². The molecule has 0 atom stereocenters. The zero-order valence-corrected chi connectivity index (χ0v) is 7.06. The Labute approximate surface area is 74.1 Å². The summed E-state index contributed by atoms with van der Waals surface area (Å²) >= 11 is 0. The van der Waals surface area contributed by atoms with Gasteiger partial charge < -0.3 is 4.74 Å². The smallest absolute Gasteiger partial charge is 0.406 e. The molecule has 0 radical (unpaired) electrons. The van der Waals surface area contributed by atoms with Crippen LogP contribution in [0.1, 0.15) is 12.5 Å².